The predicted molar refractivity (Wildman–Crippen MR) is 68.3 cm³/mol. The molecule has 7 heteroatoms. The normalized spacial score (nSPS) is 10.7. The van der Waals surface area contributed by atoms with Gasteiger partial charge in [0.2, 0.25) is 5.82 Å². The second-order valence-electron chi connectivity index (χ2n) is 4.20. The van der Waals surface area contributed by atoms with Gasteiger partial charge in [0, 0.05) is 5.56 Å². The summed E-state index contributed by atoms with van der Waals surface area (Å²) >= 11 is 0. The quantitative estimate of drug-likeness (QED) is 0.770. The Hall–Kier alpha value is -2.83. The van der Waals surface area contributed by atoms with Crippen LogP contribution in [0.2, 0.25) is 0 Å². The van der Waals surface area contributed by atoms with Gasteiger partial charge in [-0.25, -0.2) is 19.2 Å². The third kappa shape index (κ3) is 2.20. The first kappa shape index (κ1) is 12.2. The fraction of sp³-hybridized carbons (Fsp3) is 0.0769. The first-order valence-electron chi connectivity index (χ1n) is 5.78. The zero-order valence-corrected chi connectivity index (χ0v) is 10.4. The van der Waals surface area contributed by atoms with E-state index in [9.17, 15) is 9.18 Å². The number of aryl methyl sites for hydroxylation is 1. The molecule has 0 aliphatic rings. The fourth-order valence-electron chi connectivity index (χ4n) is 1.74. The van der Waals surface area contributed by atoms with Gasteiger partial charge in [0.1, 0.15) is 17.8 Å². The Morgan fingerprint density at radius 3 is 2.70 bits per heavy atom. The fourth-order valence-corrected chi connectivity index (χ4v) is 1.74. The van der Waals surface area contributed by atoms with Gasteiger partial charge in [0.25, 0.3) is 0 Å². The predicted octanol–water partition coefficient (Wildman–Crippen LogP) is 1.93. The molecule has 1 aromatic carbocycles. The first-order chi connectivity index (χ1) is 9.63. The van der Waals surface area contributed by atoms with E-state index in [1.54, 1.807) is 25.1 Å². The van der Waals surface area contributed by atoms with E-state index in [1.165, 1.54) is 12.4 Å². The minimum atomic E-state index is -0.665. The maximum absolute atomic E-state index is 13.6. The van der Waals surface area contributed by atoms with E-state index in [0.717, 1.165) is 0 Å². The molecule has 3 rings (SSSR count). The number of H-pyrrole nitrogens is 1. The molecule has 3 aromatic rings. The highest BCUT2D eigenvalue weighted by atomic mass is 19.1. The van der Waals surface area contributed by atoms with Crippen molar-refractivity contribution in [3.63, 3.8) is 0 Å². The molecule has 100 valence electrons. The molecule has 1 N–H and O–H groups in total. The zero-order valence-electron chi connectivity index (χ0n) is 10.4. The second kappa shape index (κ2) is 4.69. The maximum atomic E-state index is 13.6. The summed E-state index contributed by atoms with van der Waals surface area (Å²) < 4.78 is 18.0. The van der Waals surface area contributed by atoms with Crippen LogP contribution in [0.5, 0.6) is 0 Å². The van der Waals surface area contributed by atoms with E-state index >= 15 is 0 Å². The molecule has 6 nitrogen and oxygen atoms in total. The number of aromatic amines is 1. The van der Waals surface area contributed by atoms with Gasteiger partial charge in [-0.05, 0) is 24.6 Å². The molecule has 0 atom stereocenters. The van der Waals surface area contributed by atoms with E-state index in [1.807, 2.05) is 0 Å². The minimum Gasteiger partial charge on any atom is -0.296 e. The van der Waals surface area contributed by atoms with Crippen LogP contribution in [0.3, 0.4) is 0 Å². The monoisotopic (exact) mass is 272 g/mol. The molecule has 2 aromatic heterocycles. The number of aromatic nitrogens is 4. The molecule has 20 heavy (non-hydrogen) atoms. The average Bonchev–Trinajstić information content (AvgIpc) is 2.89. The van der Waals surface area contributed by atoms with Crippen molar-refractivity contribution in [2.45, 2.75) is 6.92 Å². The molecule has 0 saturated heterocycles. The summed E-state index contributed by atoms with van der Waals surface area (Å²) in [5.41, 5.74) is 2.09. The molecule has 0 aliphatic carbocycles. The first-order valence-corrected chi connectivity index (χ1v) is 5.78. The molecular formula is C13H9FN4O2. The summed E-state index contributed by atoms with van der Waals surface area (Å²) in [6.07, 6.45) is 1.31. The van der Waals surface area contributed by atoms with Crippen LogP contribution in [0.15, 0.2) is 39.9 Å². The average molecular weight is 272 g/mol. The van der Waals surface area contributed by atoms with Gasteiger partial charge in [-0.3, -0.25) is 9.51 Å². The van der Waals surface area contributed by atoms with E-state index in [-0.39, 0.29) is 11.6 Å². The number of rotatable bonds is 2. The highest BCUT2D eigenvalue weighted by Crippen LogP contribution is 2.22. The van der Waals surface area contributed by atoms with Crippen molar-refractivity contribution in [2.75, 3.05) is 0 Å². The standard InChI is InChI=1S/C13H9FN4O2/c1-7-2-3-8(4-9(7)14)10-5-11(16-6-15-10)12-17-13(19)20-18-12/h2-6H,1H3,(H,17,18,19). The summed E-state index contributed by atoms with van der Waals surface area (Å²) in [5, 5.41) is 3.55. The van der Waals surface area contributed by atoms with E-state index < -0.39 is 5.76 Å². The Morgan fingerprint density at radius 2 is 2.00 bits per heavy atom. The zero-order chi connectivity index (χ0) is 14.1. The largest absolute Gasteiger partial charge is 0.439 e. The number of hydrogen-bond donors (Lipinski definition) is 1. The highest BCUT2D eigenvalue weighted by molar-refractivity contribution is 5.64. The van der Waals surface area contributed by atoms with Crippen LogP contribution in [0.1, 0.15) is 5.56 Å². The second-order valence-corrected chi connectivity index (χ2v) is 4.20. The van der Waals surface area contributed by atoms with Gasteiger partial charge in [0.15, 0.2) is 0 Å². The molecule has 0 fully saturated rings. The van der Waals surface area contributed by atoms with Crippen LogP contribution in [0.25, 0.3) is 22.8 Å². The van der Waals surface area contributed by atoms with Gasteiger partial charge in [-0.2, -0.15) is 0 Å². The highest BCUT2D eigenvalue weighted by Gasteiger charge is 2.09. The van der Waals surface area contributed by atoms with Crippen LogP contribution in [0.4, 0.5) is 4.39 Å². The lowest BCUT2D eigenvalue weighted by Crippen LogP contribution is -1.96. The summed E-state index contributed by atoms with van der Waals surface area (Å²) in [6.45, 7) is 1.69. The van der Waals surface area contributed by atoms with Gasteiger partial charge in [0.05, 0.1) is 5.69 Å². The minimum absolute atomic E-state index is 0.200. The molecule has 0 radical (unpaired) electrons. The van der Waals surface area contributed by atoms with Crippen LogP contribution in [-0.2, 0) is 0 Å². The molecule has 0 unspecified atom stereocenters. The molecule has 0 amide bonds. The van der Waals surface area contributed by atoms with Gasteiger partial charge >= 0.3 is 5.76 Å². The van der Waals surface area contributed by atoms with Crippen molar-refractivity contribution in [1.82, 2.24) is 20.1 Å². The van der Waals surface area contributed by atoms with Crippen molar-refractivity contribution in [1.29, 1.82) is 0 Å². The van der Waals surface area contributed by atoms with E-state index in [0.29, 0.717) is 22.5 Å². The topological polar surface area (TPSA) is 84.7 Å². The van der Waals surface area contributed by atoms with Crippen LogP contribution in [0, 0.1) is 12.7 Å². The number of benzene rings is 1. The molecule has 0 aliphatic heterocycles. The molecule has 2 heterocycles. The number of halogens is 1. The Morgan fingerprint density at radius 1 is 1.20 bits per heavy atom. The molecule has 0 saturated carbocycles. The van der Waals surface area contributed by atoms with Crippen LogP contribution < -0.4 is 5.76 Å². The Labute approximate surface area is 112 Å². The van der Waals surface area contributed by atoms with Crippen molar-refractivity contribution in [3.8, 4) is 22.8 Å². The van der Waals surface area contributed by atoms with E-state index in [4.69, 9.17) is 0 Å². The van der Waals surface area contributed by atoms with Crippen molar-refractivity contribution in [2.24, 2.45) is 0 Å². The SMILES string of the molecule is Cc1ccc(-c2cc(-c3noc(=O)[nH]3)ncn2)cc1F. The maximum Gasteiger partial charge on any atom is 0.439 e. The lowest BCUT2D eigenvalue weighted by atomic mass is 10.1. The number of nitrogens with one attached hydrogen (secondary N) is 1. The van der Waals surface area contributed by atoms with Gasteiger partial charge in [-0.15, -0.1) is 0 Å². The summed E-state index contributed by atoms with van der Waals surface area (Å²) in [7, 11) is 0. The number of nitrogens with zero attached hydrogens (tertiary/aromatic N) is 3. The summed E-state index contributed by atoms with van der Waals surface area (Å²) in [4.78, 5) is 21.4. The van der Waals surface area contributed by atoms with Crippen molar-refractivity contribution in [3.05, 3.63) is 52.5 Å². The van der Waals surface area contributed by atoms with E-state index in [2.05, 4.69) is 24.6 Å². The Bertz CT molecular complexity index is 825. The van der Waals surface area contributed by atoms with Crippen LogP contribution in [-0.4, -0.2) is 20.1 Å². The third-order valence-electron chi connectivity index (χ3n) is 2.82. The lowest BCUT2D eigenvalue weighted by molar-refractivity contribution is 0.387. The van der Waals surface area contributed by atoms with Gasteiger partial charge in [-0.1, -0.05) is 17.3 Å². The van der Waals surface area contributed by atoms with Crippen LogP contribution >= 0.6 is 0 Å². The number of hydrogen-bond acceptors (Lipinski definition) is 5. The van der Waals surface area contributed by atoms with Crippen molar-refractivity contribution >= 4 is 0 Å². The van der Waals surface area contributed by atoms with Gasteiger partial charge < -0.3 is 0 Å². The molecule has 0 bridgehead atoms. The van der Waals surface area contributed by atoms with Crippen molar-refractivity contribution < 1.29 is 8.91 Å². The molecule has 0 spiro atoms. The lowest BCUT2D eigenvalue weighted by Gasteiger charge is -2.03. The smallest absolute Gasteiger partial charge is 0.296 e. The third-order valence-corrected chi connectivity index (χ3v) is 2.82. The summed E-state index contributed by atoms with van der Waals surface area (Å²) in [5.74, 6) is -0.773. The Kier molecular flexibility index (Phi) is 2.86. The molecular weight excluding hydrogens is 263 g/mol. The Balaban J connectivity index is 2.07. The summed E-state index contributed by atoms with van der Waals surface area (Å²) in [6, 6.07) is 6.42.